The third-order valence-corrected chi connectivity index (χ3v) is 4.28. The SMILES string of the molecule is Clc1ccc(N2CCC(NCc3ccncc3)CC2)cc1. The summed E-state index contributed by atoms with van der Waals surface area (Å²) < 4.78 is 0. The summed E-state index contributed by atoms with van der Waals surface area (Å²) in [5.41, 5.74) is 2.57. The van der Waals surface area contributed by atoms with Crippen molar-refractivity contribution < 1.29 is 0 Å². The van der Waals surface area contributed by atoms with Gasteiger partial charge in [0.15, 0.2) is 0 Å². The van der Waals surface area contributed by atoms with E-state index in [0.717, 1.165) is 24.7 Å². The average molecular weight is 302 g/mol. The number of halogens is 1. The molecular weight excluding hydrogens is 282 g/mol. The van der Waals surface area contributed by atoms with Gasteiger partial charge in [-0.25, -0.2) is 0 Å². The van der Waals surface area contributed by atoms with E-state index in [9.17, 15) is 0 Å². The van der Waals surface area contributed by atoms with Gasteiger partial charge in [-0.05, 0) is 54.8 Å². The van der Waals surface area contributed by atoms with Gasteiger partial charge in [-0.2, -0.15) is 0 Å². The number of pyridine rings is 1. The minimum atomic E-state index is 0.599. The molecule has 2 heterocycles. The Bertz CT molecular complexity index is 548. The molecule has 21 heavy (non-hydrogen) atoms. The van der Waals surface area contributed by atoms with Gasteiger partial charge in [0.25, 0.3) is 0 Å². The Morgan fingerprint density at radius 3 is 2.38 bits per heavy atom. The van der Waals surface area contributed by atoms with E-state index < -0.39 is 0 Å². The van der Waals surface area contributed by atoms with E-state index in [2.05, 4.69) is 39.5 Å². The second-order valence-electron chi connectivity index (χ2n) is 5.47. The summed E-state index contributed by atoms with van der Waals surface area (Å²) in [6.45, 7) is 3.11. The molecule has 0 bridgehead atoms. The Hall–Kier alpha value is -1.58. The monoisotopic (exact) mass is 301 g/mol. The van der Waals surface area contributed by atoms with Gasteiger partial charge in [-0.1, -0.05) is 11.6 Å². The van der Waals surface area contributed by atoms with Crippen LogP contribution < -0.4 is 10.2 Å². The van der Waals surface area contributed by atoms with E-state index in [4.69, 9.17) is 11.6 Å². The quantitative estimate of drug-likeness (QED) is 0.937. The van der Waals surface area contributed by atoms with Crippen LogP contribution in [-0.4, -0.2) is 24.1 Å². The van der Waals surface area contributed by atoms with Crippen LogP contribution in [-0.2, 0) is 6.54 Å². The summed E-state index contributed by atoms with van der Waals surface area (Å²) in [6, 6.07) is 12.9. The summed E-state index contributed by atoms with van der Waals surface area (Å²) in [5.74, 6) is 0. The first-order chi connectivity index (χ1) is 10.3. The lowest BCUT2D eigenvalue weighted by molar-refractivity contribution is 0.414. The van der Waals surface area contributed by atoms with Gasteiger partial charge in [0, 0.05) is 48.8 Å². The number of nitrogens with one attached hydrogen (secondary N) is 1. The Labute approximate surface area is 131 Å². The van der Waals surface area contributed by atoms with Crippen LogP contribution in [0.2, 0.25) is 5.02 Å². The van der Waals surface area contributed by atoms with Crippen LogP contribution in [0.15, 0.2) is 48.8 Å². The van der Waals surface area contributed by atoms with Gasteiger partial charge in [0.2, 0.25) is 0 Å². The molecule has 2 aromatic rings. The molecule has 1 fully saturated rings. The molecule has 0 amide bonds. The Morgan fingerprint density at radius 1 is 1.05 bits per heavy atom. The van der Waals surface area contributed by atoms with Crippen molar-refractivity contribution in [3.05, 3.63) is 59.4 Å². The zero-order valence-electron chi connectivity index (χ0n) is 12.0. The predicted octanol–water partition coefficient (Wildman–Crippen LogP) is 3.49. The summed E-state index contributed by atoms with van der Waals surface area (Å²) in [4.78, 5) is 6.48. The number of hydrogen-bond donors (Lipinski definition) is 1. The lowest BCUT2D eigenvalue weighted by atomic mass is 10.0. The second kappa shape index (κ2) is 6.92. The van der Waals surface area contributed by atoms with Crippen molar-refractivity contribution in [2.75, 3.05) is 18.0 Å². The molecule has 0 spiro atoms. The van der Waals surface area contributed by atoms with Crippen molar-refractivity contribution in [2.24, 2.45) is 0 Å². The predicted molar refractivity (Wildman–Crippen MR) is 87.8 cm³/mol. The van der Waals surface area contributed by atoms with Crippen LogP contribution in [0, 0.1) is 0 Å². The molecule has 1 aromatic heterocycles. The van der Waals surface area contributed by atoms with E-state index >= 15 is 0 Å². The zero-order valence-corrected chi connectivity index (χ0v) is 12.8. The van der Waals surface area contributed by atoms with Crippen LogP contribution in [0.4, 0.5) is 5.69 Å². The topological polar surface area (TPSA) is 28.2 Å². The molecule has 0 atom stereocenters. The number of rotatable bonds is 4. The van der Waals surface area contributed by atoms with Crippen molar-refractivity contribution in [2.45, 2.75) is 25.4 Å². The minimum Gasteiger partial charge on any atom is -0.371 e. The van der Waals surface area contributed by atoms with Crippen molar-refractivity contribution in [3.63, 3.8) is 0 Å². The fourth-order valence-electron chi connectivity index (χ4n) is 2.76. The molecule has 1 N–H and O–H groups in total. The summed E-state index contributed by atoms with van der Waals surface area (Å²) in [7, 11) is 0. The highest BCUT2D eigenvalue weighted by molar-refractivity contribution is 6.30. The van der Waals surface area contributed by atoms with Crippen LogP contribution in [0.5, 0.6) is 0 Å². The smallest absolute Gasteiger partial charge is 0.0407 e. The van der Waals surface area contributed by atoms with E-state index in [0.29, 0.717) is 6.04 Å². The first kappa shape index (κ1) is 14.4. The number of piperidine rings is 1. The lowest BCUT2D eigenvalue weighted by Gasteiger charge is -2.34. The highest BCUT2D eigenvalue weighted by Gasteiger charge is 2.18. The zero-order chi connectivity index (χ0) is 14.5. The van der Waals surface area contributed by atoms with Crippen LogP contribution in [0.3, 0.4) is 0 Å². The molecule has 4 heteroatoms. The summed E-state index contributed by atoms with van der Waals surface area (Å²) in [6.07, 6.45) is 6.04. The normalized spacial score (nSPS) is 16.1. The van der Waals surface area contributed by atoms with E-state index in [1.54, 1.807) is 0 Å². The third-order valence-electron chi connectivity index (χ3n) is 4.03. The molecule has 1 aromatic carbocycles. The molecule has 3 nitrogen and oxygen atoms in total. The van der Waals surface area contributed by atoms with Gasteiger partial charge in [-0.15, -0.1) is 0 Å². The molecule has 1 aliphatic rings. The van der Waals surface area contributed by atoms with Gasteiger partial charge in [0.05, 0.1) is 0 Å². The van der Waals surface area contributed by atoms with Crippen molar-refractivity contribution >= 4 is 17.3 Å². The maximum Gasteiger partial charge on any atom is 0.0407 e. The lowest BCUT2D eigenvalue weighted by Crippen LogP contribution is -2.42. The standard InChI is InChI=1S/C17H20ClN3/c18-15-1-3-17(4-2-15)21-11-7-16(8-12-21)20-13-14-5-9-19-10-6-14/h1-6,9-10,16,20H,7-8,11-13H2. The molecule has 0 aliphatic carbocycles. The van der Waals surface area contributed by atoms with Crippen molar-refractivity contribution in [3.8, 4) is 0 Å². The van der Waals surface area contributed by atoms with Gasteiger partial charge >= 0.3 is 0 Å². The first-order valence-electron chi connectivity index (χ1n) is 7.44. The third kappa shape index (κ3) is 3.96. The second-order valence-corrected chi connectivity index (χ2v) is 5.91. The summed E-state index contributed by atoms with van der Waals surface area (Å²) in [5, 5.41) is 4.44. The number of nitrogens with zero attached hydrogens (tertiary/aromatic N) is 2. The highest BCUT2D eigenvalue weighted by Crippen LogP contribution is 2.22. The van der Waals surface area contributed by atoms with Gasteiger partial charge in [0.1, 0.15) is 0 Å². The highest BCUT2D eigenvalue weighted by atomic mass is 35.5. The molecule has 3 rings (SSSR count). The molecule has 1 aliphatic heterocycles. The van der Waals surface area contributed by atoms with Crippen molar-refractivity contribution in [1.82, 2.24) is 10.3 Å². The first-order valence-corrected chi connectivity index (χ1v) is 7.82. The Morgan fingerprint density at radius 2 is 1.71 bits per heavy atom. The van der Waals surface area contributed by atoms with Crippen LogP contribution in [0.25, 0.3) is 0 Å². The number of hydrogen-bond acceptors (Lipinski definition) is 3. The average Bonchev–Trinajstić information content (AvgIpc) is 2.55. The fraction of sp³-hybridized carbons (Fsp3) is 0.353. The number of benzene rings is 1. The number of anilines is 1. The minimum absolute atomic E-state index is 0.599. The molecule has 1 saturated heterocycles. The number of aromatic nitrogens is 1. The van der Waals surface area contributed by atoms with Crippen LogP contribution >= 0.6 is 11.6 Å². The van der Waals surface area contributed by atoms with E-state index in [1.165, 1.54) is 24.1 Å². The maximum absolute atomic E-state index is 5.94. The van der Waals surface area contributed by atoms with E-state index in [1.807, 2.05) is 24.5 Å². The largest absolute Gasteiger partial charge is 0.371 e. The molecule has 0 saturated carbocycles. The van der Waals surface area contributed by atoms with Gasteiger partial charge in [-0.3, -0.25) is 4.98 Å². The van der Waals surface area contributed by atoms with Gasteiger partial charge < -0.3 is 10.2 Å². The molecule has 110 valence electrons. The molecule has 0 radical (unpaired) electrons. The molecular formula is C17H20ClN3. The summed E-state index contributed by atoms with van der Waals surface area (Å²) >= 11 is 5.94. The molecule has 0 unspecified atom stereocenters. The maximum atomic E-state index is 5.94. The Kier molecular flexibility index (Phi) is 4.73. The van der Waals surface area contributed by atoms with Crippen LogP contribution in [0.1, 0.15) is 18.4 Å². The van der Waals surface area contributed by atoms with Crippen molar-refractivity contribution in [1.29, 1.82) is 0 Å². The Balaban J connectivity index is 1.48. The van der Waals surface area contributed by atoms with E-state index in [-0.39, 0.29) is 0 Å². The fourth-order valence-corrected chi connectivity index (χ4v) is 2.88.